The number of nitrogens with two attached hydrogens (primary N) is 1. The van der Waals surface area contributed by atoms with E-state index in [1.54, 1.807) is 29.7 Å². The third-order valence-electron chi connectivity index (χ3n) is 4.96. The molecule has 11 heteroatoms. The lowest BCUT2D eigenvalue weighted by molar-refractivity contribution is 0.0953. The molecule has 1 amide bonds. The molecule has 0 bridgehead atoms. The summed E-state index contributed by atoms with van der Waals surface area (Å²) in [5, 5.41) is 13.2. The maximum Gasteiger partial charge on any atom is 0.252 e. The number of carbonyl (C=O) groups is 1. The Morgan fingerprint density at radius 1 is 1.22 bits per heavy atom. The second-order valence-electron chi connectivity index (χ2n) is 7.75. The molecule has 0 aromatic carbocycles. The molecular formula is C21H23N5O3S3. The van der Waals surface area contributed by atoms with Crippen molar-refractivity contribution < 1.29 is 13.2 Å². The predicted octanol–water partition coefficient (Wildman–Crippen LogP) is 4.00. The maximum absolute atomic E-state index is 13.2. The van der Waals surface area contributed by atoms with Gasteiger partial charge in [0.05, 0.1) is 29.4 Å². The van der Waals surface area contributed by atoms with Gasteiger partial charge in [0.1, 0.15) is 4.21 Å². The number of primary sulfonamides is 1. The van der Waals surface area contributed by atoms with Gasteiger partial charge >= 0.3 is 0 Å². The minimum Gasteiger partial charge on any atom is -0.347 e. The molecule has 4 aromatic heterocycles. The lowest BCUT2D eigenvalue weighted by Gasteiger charge is -2.11. The van der Waals surface area contributed by atoms with Crippen LogP contribution >= 0.6 is 22.7 Å². The van der Waals surface area contributed by atoms with Gasteiger partial charge in [-0.05, 0) is 52.0 Å². The van der Waals surface area contributed by atoms with Crippen molar-refractivity contribution in [2.75, 3.05) is 0 Å². The molecule has 8 nitrogen and oxygen atoms in total. The van der Waals surface area contributed by atoms with Gasteiger partial charge in [-0.1, -0.05) is 0 Å². The molecule has 0 saturated heterocycles. The van der Waals surface area contributed by atoms with Gasteiger partial charge in [-0.15, -0.1) is 22.7 Å². The smallest absolute Gasteiger partial charge is 0.252 e. The average Bonchev–Trinajstić information content (AvgIpc) is 3.42. The Morgan fingerprint density at radius 3 is 2.56 bits per heavy atom. The summed E-state index contributed by atoms with van der Waals surface area (Å²) in [6.45, 7) is 8.30. The molecule has 0 fully saturated rings. The van der Waals surface area contributed by atoms with Crippen molar-refractivity contribution in [1.29, 1.82) is 0 Å². The van der Waals surface area contributed by atoms with Crippen LogP contribution in [0, 0.1) is 13.8 Å². The number of nitrogens with zero attached hydrogens (tertiary/aromatic N) is 3. The Bertz CT molecular complexity index is 1430. The molecule has 0 radical (unpaired) electrons. The highest BCUT2D eigenvalue weighted by atomic mass is 32.2. The van der Waals surface area contributed by atoms with Gasteiger partial charge in [0.25, 0.3) is 5.91 Å². The average molecular weight is 490 g/mol. The highest BCUT2D eigenvalue weighted by molar-refractivity contribution is 7.91. The summed E-state index contributed by atoms with van der Waals surface area (Å²) in [6, 6.07) is 7.04. The summed E-state index contributed by atoms with van der Waals surface area (Å²) in [7, 11) is -3.76. The van der Waals surface area contributed by atoms with E-state index in [1.165, 1.54) is 10.9 Å². The van der Waals surface area contributed by atoms with Gasteiger partial charge in [-0.25, -0.2) is 23.2 Å². The number of hydrogen-bond donors (Lipinski definition) is 2. The van der Waals surface area contributed by atoms with Crippen LogP contribution in [0.4, 0.5) is 0 Å². The van der Waals surface area contributed by atoms with Crippen LogP contribution < -0.4 is 10.5 Å². The van der Waals surface area contributed by atoms with Gasteiger partial charge in [0.15, 0.2) is 5.65 Å². The molecule has 0 saturated carbocycles. The van der Waals surface area contributed by atoms with Gasteiger partial charge in [-0.3, -0.25) is 4.79 Å². The fourth-order valence-corrected chi connectivity index (χ4v) is 6.13. The van der Waals surface area contributed by atoms with Gasteiger partial charge in [-0.2, -0.15) is 5.10 Å². The number of rotatable bonds is 6. The van der Waals surface area contributed by atoms with Crippen LogP contribution in [-0.2, 0) is 16.6 Å². The number of hydrogen-bond acceptors (Lipinski definition) is 7. The molecular weight excluding hydrogens is 466 g/mol. The lowest BCUT2D eigenvalue weighted by Crippen LogP contribution is -2.23. The monoisotopic (exact) mass is 489 g/mol. The van der Waals surface area contributed by atoms with Crippen LogP contribution in [0.5, 0.6) is 0 Å². The van der Waals surface area contributed by atoms with Crippen molar-refractivity contribution in [2.45, 2.75) is 44.5 Å². The summed E-state index contributed by atoms with van der Waals surface area (Å²) in [6.07, 6.45) is 1.66. The molecule has 4 heterocycles. The first kappa shape index (κ1) is 22.6. The lowest BCUT2D eigenvalue weighted by atomic mass is 10.1. The van der Waals surface area contributed by atoms with E-state index in [9.17, 15) is 13.2 Å². The minimum absolute atomic E-state index is 0.0665. The molecule has 32 heavy (non-hydrogen) atoms. The summed E-state index contributed by atoms with van der Waals surface area (Å²) in [4.78, 5) is 21.0. The third kappa shape index (κ3) is 4.33. The molecule has 3 N–H and O–H groups in total. The van der Waals surface area contributed by atoms with Crippen molar-refractivity contribution in [3.8, 4) is 11.3 Å². The fourth-order valence-electron chi connectivity index (χ4n) is 3.48. The highest BCUT2D eigenvalue weighted by Crippen LogP contribution is 2.32. The van der Waals surface area contributed by atoms with Crippen LogP contribution in [0.2, 0.25) is 0 Å². The van der Waals surface area contributed by atoms with E-state index >= 15 is 0 Å². The van der Waals surface area contributed by atoms with Gasteiger partial charge in [0.2, 0.25) is 10.0 Å². The fraction of sp³-hybridized carbons (Fsp3) is 0.286. The number of amides is 1. The molecule has 168 valence electrons. The number of carbonyl (C=O) groups excluding carboxylic acids is 1. The Balaban J connectivity index is 1.72. The number of nitrogens with one attached hydrogen (secondary N) is 1. The van der Waals surface area contributed by atoms with Crippen LogP contribution in [0.3, 0.4) is 0 Å². The number of aromatic nitrogens is 3. The Morgan fingerprint density at radius 2 is 1.97 bits per heavy atom. The van der Waals surface area contributed by atoms with Crippen molar-refractivity contribution in [1.82, 2.24) is 20.1 Å². The predicted molar refractivity (Wildman–Crippen MR) is 128 cm³/mol. The standard InChI is InChI=1S/C21H23N5O3S3/c1-11(2)26-20-17(10-24-26)16(8-18(25-20)15-7-12(3)30-13(15)4)21(27)23-9-14-5-6-19(31-14)32(22,28)29/h5-8,10-11H,9H2,1-4H3,(H,23,27)(H2,22,28,29). The Kier molecular flexibility index (Phi) is 5.93. The van der Waals surface area contributed by atoms with Crippen molar-refractivity contribution in [3.63, 3.8) is 0 Å². The SMILES string of the molecule is Cc1cc(-c2cc(C(=O)NCc3ccc(S(N)(=O)=O)s3)c3cnn(C(C)C)c3n2)c(C)s1. The first-order valence-electron chi connectivity index (χ1n) is 9.90. The Labute approximate surface area is 194 Å². The first-order valence-corrected chi connectivity index (χ1v) is 13.1. The summed E-state index contributed by atoms with van der Waals surface area (Å²) < 4.78 is 24.9. The van der Waals surface area contributed by atoms with Crippen LogP contribution in [-0.4, -0.2) is 29.1 Å². The van der Waals surface area contributed by atoms with Gasteiger partial charge in [0, 0.05) is 26.2 Å². The van der Waals surface area contributed by atoms with Crippen LogP contribution in [0.15, 0.2) is 34.7 Å². The van der Waals surface area contributed by atoms with E-state index in [1.807, 2.05) is 32.4 Å². The number of pyridine rings is 1. The summed E-state index contributed by atoms with van der Waals surface area (Å²) in [5.41, 5.74) is 2.84. The zero-order chi connectivity index (χ0) is 23.2. The number of fused-ring (bicyclic) bond motifs is 1. The molecule has 4 rings (SSSR count). The summed E-state index contributed by atoms with van der Waals surface area (Å²) in [5.74, 6) is -0.280. The molecule has 0 unspecified atom stereocenters. The van der Waals surface area contributed by atoms with E-state index in [4.69, 9.17) is 10.1 Å². The number of aryl methyl sites for hydroxylation is 2. The van der Waals surface area contributed by atoms with Crippen molar-refractivity contribution in [3.05, 3.63) is 50.7 Å². The Hall–Kier alpha value is -2.60. The zero-order valence-corrected chi connectivity index (χ0v) is 20.5. The van der Waals surface area contributed by atoms with E-state index in [0.717, 1.165) is 27.5 Å². The largest absolute Gasteiger partial charge is 0.347 e. The topological polar surface area (TPSA) is 120 Å². The third-order valence-corrected chi connectivity index (χ3v) is 8.45. The second kappa shape index (κ2) is 8.39. The minimum atomic E-state index is -3.76. The molecule has 0 spiro atoms. The molecule has 0 atom stereocenters. The molecule has 0 aliphatic carbocycles. The molecule has 4 aromatic rings. The maximum atomic E-state index is 13.2. The van der Waals surface area contributed by atoms with Crippen LogP contribution in [0.1, 0.15) is 44.9 Å². The van der Waals surface area contributed by atoms with E-state index < -0.39 is 10.0 Å². The van der Waals surface area contributed by atoms with Crippen molar-refractivity contribution >= 4 is 49.6 Å². The van der Waals surface area contributed by atoms with Gasteiger partial charge < -0.3 is 5.32 Å². The molecule has 0 aliphatic heterocycles. The highest BCUT2D eigenvalue weighted by Gasteiger charge is 2.20. The normalized spacial score (nSPS) is 12.1. The van der Waals surface area contributed by atoms with Crippen LogP contribution in [0.25, 0.3) is 22.3 Å². The first-order chi connectivity index (χ1) is 15.0. The number of thiophene rings is 2. The van der Waals surface area contributed by atoms with Crippen molar-refractivity contribution in [2.24, 2.45) is 5.14 Å². The second-order valence-corrected chi connectivity index (χ2v) is 12.2. The van der Waals surface area contributed by atoms with E-state index in [2.05, 4.69) is 16.5 Å². The molecule has 0 aliphatic rings. The quantitative estimate of drug-likeness (QED) is 0.424. The number of sulfonamides is 1. The summed E-state index contributed by atoms with van der Waals surface area (Å²) >= 11 is 2.73. The zero-order valence-electron chi connectivity index (χ0n) is 18.0. The van der Waals surface area contributed by atoms with E-state index in [-0.39, 0.29) is 22.7 Å². The van der Waals surface area contributed by atoms with E-state index in [0.29, 0.717) is 21.5 Å².